The van der Waals surface area contributed by atoms with Gasteiger partial charge in [0, 0.05) is 11.9 Å². The van der Waals surface area contributed by atoms with Crippen molar-refractivity contribution in [3.05, 3.63) is 30.5 Å². The quantitative estimate of drug-likeness (QED) is 0.777. The van der Waals surface area contributed by atoms with Crippen LogP contribution in [-0.2, 0) is 6.54 Å². The molecule has 3 aromatic rings. The summed E-state index contributed by atoms with van der Waals surface area (Å²) in [7, 11) is 0. The maximum absolute atomic E-state index is 6.21. The topological polar surface area (TPSA) is 56.7 Å². The van der Waals surface area contributed by atoms with Crippen LogP contribution in [0.3, 0.4) is 0 Å². The van der Waals surface area contributed by atoms with E-state index in [1.807, 2.05) is 24.4 Å². The maximum Gasteiger partial charge on any atom is 0.201 e. The van der Waals surface area contributed by atoms with Gasteiger partial charge in [-0.1, -0.05) is 38.0 Å². The third-order valence-electron chi connectivity index (χ3n) is 4.86. The zero-order chi connectivity index (χ0) is 14.4. The van der Waals surface area contributed by atoms with E-state index in [0.717, 1.165) is 28.5 Å². The number of benzene rings is 1. The predicted molar refractivity (Wildman–Crippen MR) is 86.0 cm³/mol. The van der Waals surface area contributed by atoms with E-state index >= 15 is 0 Å². The lowest BCUT2D eigenvalue weighted by molar-refractivity contribution is 0.287. The van der Waals surface area contributed by atoms with Crippen LogP contribution in [0.15, 0.2) is 30.5 Å². The van der Waals surface area contributed by atoms with Crippen LogP contribution in [0.5, 0.6) is 0 Å². The fraction of sp³-hybridized carbons (Fsp3) is 0.412. The maximum atomic E-state index is 6.21. The van der Waals surface area contributed by atoms with Crippen molar-refractivity contribution in [1.29, 1.82) is 0 Å². The van der Waals surface area contributed by atoms with Gasteiger partial charge in [-0.05, 0) is 24.3 Å². The summed E-state index contributed by atoms with van der Waals surface area (Å²) in [6.07, 6.45) is 7.03. The molecule has 0 bridgehead atoms. The molecule has 0 amide bonds. The molecule has 4 rings (SSSR count). The number of nitrogens with zero attached hydrogens (tertiary/aromatic N) is 3. The number of nitrogens with two attached hydrogens (primary N) is 1. The minimum atomic E-state index is 0.339. The minimum absolute atomic E-state index is 0.339. The molecule has 1 fully saturated rings. The monoisotopic (exact) mass is 280 g/mol. The van der Waals surface area contributed by atoms with Crippen molar-refractivity contribution in [2.24, 2.45) is 5.41 Å². The molecule has 0 atom stereocenters. The van der Waals surface area contributed by atoms with Crippen LogP contribution in [0, 0.1) is 5.41 Å². The van der Waals surface area contributed by atoms with Crippen molar-refractivity contribution in [2.45, 2.75) is 39.2 Å². The van der Waals surface area contributed by atoms with Crippen molar-refractivity contribution < 1.29 is 0 Å². The molecule has 0 unspecified atom stereocenters. The van der Waals surface area contributed by atoms with Gasteiger partial charge in [-0.3, -0.25) is 4.98 Å². The molecule has 1 aliphatic rings. The highest BCUT2D eigenvalue weighted by Gasteiger charge is 2.30. The Labute approximate surface area is 124 Å². The molecule has 0 aliphatic heterocycles. The second-order valence-electron chi connectivity index (χ2n) is 6.58. The number of nitrogen functional groups attached to an aromatic ring is 1. The number of para-hydroxylation sites is 1. The summed E-state index contributed by atoms with van der Waals surface area (Å²) in [5.41, 5.74) is 9.57. The Morgan fingerprint density at radius 3 is 2.76 bits per heavy atom. The van der Waals surface area contributed by atoms with Gasteiger partial charge >= 0.3 is 0 Å². The fourth-order valence-electron chi connectivity index (χ4n) is 3.71. The lowest BCUT2D eigenvalue weighted by Gasteiger charge is -2.25. The number of fused-ring (bicyclic) bond motifs is 3. The molecule has 2 heterocycles. The van der Waals surface area contributed by atoms with E-state index < -0.39 is 0 Å². The molecule has 1 aliphatic carbocycles. The number of pyridine rings is 1. The van der Waals surface area contributed by atoms with Gasteiger partial charge in [-0.25, -0.2) is 4.98 Å². The predicted octanol–water partition coefficient (Wildman–Crippen LogP) is 3.75. The van der Waals surface area contributed by atoms with Gasteiger partial charge < -0.3 is 10.3 Å². The van der Waals surface area contributed by atoms with E-state index in [-0.39, 0.29) is 0 Å². The zero-order valence-corrected chi connectivity index (χ0v) is 12.3. The Hall–Kier alpha value is -2.10. The SMILES string of the molecule is CC1(Cn2c(N)nc3cnc4ccccc4c32)CCCC1. The van der Waals surface area contributed by atoms with Crippen molar-refractivity contribution in [3.63, 3.8) is 0 Å². The zero-order valence-electron chi connectivity index (χ0n) is 12.3. The number of anilines is 1. The van der Waals surface area contributed by atoms with Crippen LogP contribution >= 0.6 is 0 Å². The largest absolute Gasteiger partial charge is 0.369 e. The third kappa shape index (κ3) is 1.97. The number of aromatic nitrogens is 3. The van der Waals surface area contributed by atoms with Crippen LogP contribution in [0.1, 0.15) is 32.6 Å². The molecule has 0 radical (unpaired) electrons. The van der Waals surface area contributed by atoms with Gasteiger partial charge in [0.1, 0.15) is 5.52 Å². The van der Waals surface area contributed by atoms with Gasteiger partial charge in [0.05, 0.1) is 17.2 Å². The molecule has 1 saturated carbocycles. The molecule has 2 N–H and O–H groups in total. The first-order valence-corrected chi connectivity index (χ1v) is 7.66. The van der Waals surface area contributed by atoms with E-state index in [4.69, 9.17) is 5.73 Å². The van der Waals surface area contributed by atoms with Gasteiger partial charge in [0.25, 0.3) is 0 Å². The van der Waals surface area contributed by atoms with Crippen molar-refractivity contribution >= 4 is 27.9 Å². The Balaban J connectivity index is 1.94. The minimum Gasteiger partial charge on any atom is -0.369 e. The average Bonchev–Trinajstić information content (AvgIpc) is 3.04. The molecule has 0 saturated heterocycles. The lowest BCUT2D eigenvalue weighted by atomic mass is 9.89. The molecule has 21 heavy (non-hydrogen) atoms. The standard InChI is InChI=1S/C17H20N4/c1-17(8-4-5-9-17)11-21-15-12-6-2-3-7-13(12)19-10-14(15)20-16(21)18/h2-3,6-7,10H,4-5,8-9,11H2,1H3,(H2,18,20). The summed E-state index contributed by atoms with van der Waals surface area (Å²) in [5, 5.41) is 1.14. The Morgan fingerprint density at radius 1 is 1.19 bits per heavy atom. The first kappa shape index (κ1) is 12.6. The molecule has 4 nitrogen and oxygen atoms in total. The molecule has 4 heteroatoms. The summed E-state index contributed by atoms with van der Waals surface area (Å²) in [6, 6.07) is 8.22. The van der Waals surface area contributed by atoms with E-state index in [0.29, 0.717) is 11.4 Å². The Bertz CT molecular complexity index is 812. The van der Waals surface area contributed by atoms with E-state index in [2.05, 4.69) is 27.5 Å². The lowest BCUT2D eigenvalue weighted by Crippen LogP contribution is -2.20. The van der Waals surface area contributed by atoms with Crippen LogP contribution in [0.4, 0.5) is 5.95 Å². The third-order valence-corrected chi connectivity index (χ3v) is 4.86. The van der Waals surface area contributed by atoms with Crippen LogP contribution in [-0.4, -0.2) is 14.5 Å². The number of hydrogen-bond donors (Lipinski definition) is 1. The van der Waals surface area contributed by atoms with Crippen molar-refractivity contribution in [2.75, 3.05) is 5.73 Å². The molecule has 0 spiro atoms. The summed E-state index contributed by atoms with van der Waals surface area (Å²) < 4.78 is 2.20. The average molecular weight is 280 g/mol. The Morgan fingerprint density at radius 2 is 1.95 bits per heavy atom. The highest BCUT2D eigenvalue weighted by molar-refractivity contribution is 6.02. The van der Waals surface area contributed by atoms with E-state index in [1.165, 1.54) is 25.7 Å². The van der Waals surface area contributed by atoms with E-state index in [9.17, 15) is 0 Å². The number of hydrogen-bond acceptors (Lipinski definition) is 3. The smallest absolute Gasteiger partial charge is 0.201 e. The molecule has 2 aromatic heterocycles. The second-order valence-corrected chi connectivity index (χ2v) is 6.58. The highest BCUT2D eigenvalue weighted by atomic mass is 15.2. The van der Waals surface area contributed by atoms with E-state index in [1.54, 1.807) is 0 Å². The molecule has 108 valence electrons. The summed E-state index contributed by atoms with van der Waals surface area (Å²) in [6.45, 7) is 3.32. The van der Waals surface area contributed by atoms with Crippen LogP contribution in [0.2, 0.25) is 0 Å². The van der Waals surface area contributed by atoms with Crippen molar-refractivity contribution in [1.82, 2.24) is 14.5 Å². The van der Waals surface area contributed by atoms with Gasteiger partial charge in [-0.15, -0.1) is 0 Å². The first-order chi connectivity index (χ1) is 10.2. The van der Waals surface area contributed by atoms with Gasteiger partial charge in [0.15, 0.2) is 0 Å². The normalized spacial score (nSPS) is 17.8. The first-order valence-electron chi connectivity index (χ1n) is 7.66. The summed E-state index contributed by atoms with van der Waals surface area (Å²) >= 11 is 0. The van der Waals surface area contributed by atoms with Crippen molar-refractivity contribution in [3.8, 4) is 0 Å². The highest BCUT2D eigenvalue weighted by Crippen LogP contribution is 2.40. The van der Waals surface area contributed by atoms with Gasteiger partial charge in [-0.2, -0.15) is 0 Å². The van der Waals surface area contributed by atoms with Crippen LogP contribution in [0.25, 0.3) is 21.9 Å². The summed E-state index contributed by atoms with van der Waals surface area (Å²) in [5.74, 6) is 0.608. The molecule has 1 aromatic carbocycles. The fourth-order valence-corrected chi connectivity index (χ4v) is 3.71. The number of rotatable bonds is 2. The number of imidazole rings is 1. The molecular weight excluding hydrogens is 260 g/mol. The van der Waals surface area contributed by atoms with Crippen LogP contribution < -0.4 is 5.73 Å². The summed E-state index contributed by atoms with van der Waals surface area (Å²) in [4.78, 5) is 9.00. The second kappa shape index (κ2) is 4.45. The van der Waals surface area contributed by atoms with Gasteiger partial charge in [0.2, 0.25) is 5.95 Å². The Kier molecular flexibility index (Phi) is 2.67. The molecular formula is C17H20N4.